The molecule has 1 aliphatic rings. The molecule has 2 rings (SSSR count). The van der Waals surface area contributed by atoms with Crippen LogP contribution in [-0.4, -0.2) is 28.0 Å². The Labute approximate surface area is 109 Å². The summed E-state index contributed by atoms with van der Waals surface area (Å²) in [6, 6.07) is 2.18. The van der Waals surface area contributed by atoms with Gasteiger partial charge in [0, 0.05) is 25.8 Å². The third kappa shape index (κ3) is 2.52. The minimum absolute atomic E-state index is 0.114. The van der Waals surface area contributed by atoms with Gasteiger partial charge in [-0.15, -0.1) is 0 Å². The summed E-state index contributed by atoms with van der Waals surface area (Å²) in [5.41, 5.74) is 7.09. The van der Waals surface area contributed by atoms with Gasteiger partial charge in [-0.1, -0.05) is 19.3 Å². The lowest BCUT2D eigenvalue weighted by Crippen LogP contribution is -2.41. The summed E-state index contributed by atoms with van der Waals surface area (Å²) in [5.74, 6) is 0.114. The van der Waals surface area contributed by atoms with Crippen molar-refractivity contribution in [2.24, 2.45) is 7.05 Å². The monoisotopic (exact) mass is 249 g/mol. The van der Waals surface area contributed by atoms with E-state index in [4.69, 9.17) is 5.73 Å². The summed E-state index contributed by atoms with van der Waals surface area (Å²) in [4.78, 5) is 14.6. The number of anilines is 1. The molecule has 0 aromatic carbocycles. The number of aromatic nitrogens is 1. The van der Waals surface area contributed by atoms with E-state index in [9.17, 15) is 4.79 Å². The standard InChI is InChI=1S/C14H23N3O/c1-3-17(12-7-5-4-6-8-12)14(18)13-9-11(15)10-16(13)2/h9-10,12H,3-8,15H2,1-2H3. The highest BCUT2D eigenvalue weighted by Gasteiger charge is 2.26. The summed E-state index contributed by atoms with van der Waals surface area (Å²) in [7, 11) is 1.87. The molecule has 1 aromatic heterocycles. The van der Waals surface area contributed by atoms with Crippen LogP contribution in [0.25, 0.3) is 0 Å². The fourth-order valence-corrected chi connectivity index (χ4v) is 2.91. The normalized spacial score (nSPS) is 16.8. The van der Waals surface area contributed by atoms with Gasteiger partial charge in [0.05, 0.1) is 5.69 Å². The molecular formula is C14H23N3O. The van der Waals surface area contributed by atoms with E-state index in [1.165, 1.54) is 19.3 Å². The van der Waals surface area contributed by atoms with Crippen LogP contribution in [0.4, 0.5) is 5.69 Å². The Kier molecular flexibility index (Phi) is 3.94. The summed E-state index contributed by atoms with van der Waals surface area (Å²) < 4.78 is 1.82. The zero-order valence-corrected chi connectivity index (χ0v) is 11.4. The zero-order valence-electron chi connectivity index (χ0n) is 11.4. The van der Waals surface area contributed by atoms with Crippen molar-refractivity contribution in [1.29, 1.82) is 0 Å². The highest BCUT2D eigenvalue weighted by atomic mass is 16.2. The van der Waals surface area contributed by atoms with E-state index < -0.39 is 0 Å². The van der Waals surface area contributed by atoms with E-state index in [1.807, 2.05) is 16.5 Å². The number of rotatable bonds is 3. The Balaban J connectivity index is 2.16. The molecule has 0 aliphatic heterocycles. The van der Waals surface area contributed by atoms with Gasteiger partial charge < -0.3 is 15.2 Å². The minimum Gasteiger partial charge on any atom is -0.397 e. The predicted molar refractivity (Wildman–Crippen MR) is 73.4 cm³/mol. The predicted octanol–water partition coefficient (Wildman–Crippen LogP) is 2.40. The number of nitrogens with two attached hydrogens (primary N) is 1. The van der Waals surface area contributed by atoms with Crippen LogP contribution in [0.15, 0.2) is 12.3 Å². The summed E-state index contributed by atoms with van der Waals surface area (Å²) in [5, 5.41) is 0. The molecule has 1 saturated carbocycles. The average molecular weight is 249 g/mol. The van der Waals surface area contributed by atoms with Gasteiger partial charge in [-0.05, 0) is 25.8 Å². The van der Waals surface area contributed by atoms with Gasteiger partial charge in [0.2, 0.25) is 0 Å². The van der Waals surface area contributed by atoms with Crippen molar-refractivity contribution in [3.8, 4) is 0 Å². The van der Waals surface area contributed by atoms with E-state index in [-0.39, 0.29) is 5.91 Å². The second kappa shape index (κ2) is 5.46. The first-order chi connectivity index (χ1) is 8.63. The number of nitrogen functional groups attached to an aromatic ring is 1. The first-order valence-corrected chi connectivity index (χ1v) is 6.86. The van der Waals surface area contributed by atoms with Gasteiger partial charge >= 0.3 is 0 Å². The van der Waals surface area contributed by atoms with E-state index >= 15 is 0 Å². The number of hydrogen-bond acceptors (Lipinski definition) is 2. The second-order valence-electron chi connectivity index (χ2n) is 5.15. The van der Waals surface area contributed by atoms with Gasteiger partial charge in [-0.2, -0.15) is 0 Å². The van der Waals surface area contributed by atoms with E-state index in [2.05, 4.69) is 6.92 Å². The molecule has 0 atom stereocenters. The molecule has 0 unspecified atom stereocenters. The Morgan fingerprint density at radius 3 is 2.61 bits per heavy atom. The molecular weight excluding hydrogens is 226 g/mol. The first-order valence-electron chi connectivity index (χ1n) is 6.86. The van der Waals surface area contributed by atoms with Crippen molar-refractivity contribution in [1.82, 2.24) is 9.47 Å². The van der Waals surface area contributed by atoms with Crippen molar-refractivity contribution >= 4 is 11.6 Å². The number of aryl methyl sites for hydroxylation is 1. The fraction of sp³-hybridized carbons (Fsp3) is 0.643. The van der Waals surface area contributed by atoms with Crippen LogP contribution in [0, 0.1) is 0 Å². The molecule has 0 bridgehead atoms. The SMILES string of the molecule is CCN(C(=O)c1cc(N)cn1C)C1CCCCC1. The number of amides is 1. The lowest BCUT2D eigenvalue weighted by molar-refractivity contribution is 0.0638. The van der Waals surface area contributed by atoms with Crippen LogP contribution in [0.1, 0.15) is 49.5 Å². The van der Waals surface area contributed by atoms with Crippen LogP contribution in [0.5, 0.6) is 0 Å². The van der Waals surface area contributed by atoms with Crippen molar-refractivity contribution in [3.63, 3.8) is 0 Å². The van der Waals surface area contributed by atoms with Crippen molar-refractivity contribution < 1.29 is 4.79 Å². The van der Waals surface area contributed by atoms with Crippen molar-refractivity contribution in [2.75, 3.05) is 12.3 Å². The lowest BCUT2D eigenvalue weighted by atomic mass is 9.94. The Morgan fingerprint density at radius 2 is 2.11 bits per heavy atom. The highest BCUT2D eigenvalue weighted by Crippen LogP contribution is 2.24. The molecule has 0 radical (unpaired) electrons. The maximum absolute atomic E-state index is 12.6. The summed E-state index contributed by atoms with van der Waals surface area (Å²) in [6.45, 7) is 2.83. The van der Waals surface area contributed by atoms with Gasteiger partial charge in [0.15, 0.2) is 0 Å². The second-order valence-corrected chi connectivity index (χ2v) is 5.15. The molecule has 0 saturated heterocycles. The third-order valence-electron chi connectivity index (χ3n) is 3.86. The summed E-state index contributed by atoms with van der Waals surface area (Å²) in [6.07, 6.45) is 7.85. The maximum Gasteiger partial charge on any atom is 0.270 e. The van der Waals surface area contributed by atoms with Crippen LogP contribution < -0.4 is 5.73 Å². The van der Waals surface area contributed by atoms with E-state index in [0.29, 0.717) is 17.4 Å². The molecule has 2 N–H and O–H groups in total. The molecule has 4 nitrogen and oxygen atoms in total. The highest BCUT2D eigenvalue weighted by molar-refractivity contribution is 5.94. The lowest BCUT2D eigenvalue weighted by Gasteiger charge is -2.33. The largest absolute Gasteiger partial charge is 0.397 e. The van der Waals surface area contributed by atoms with Crippen molar-refractivity contribution in [2.45, 2.75) is 45.1 Å². The first kappa shape index (κ1) is 13.0. The molecule has 18 heavy (non-hydrogen) atoms. The number of nitrogens with zero attached hydrogens (tertiary/aromatic N) is 2. The molecule has 1 amide bonds. The molecule has 1 fully saturated rings. The summed E-state index contributed by atoms with van der Waals surface area (Å²) >= 11 is 0. The van der Waals surface area contributed by atoms with Gasteiger partial charge in [-0.3, -0.25) is 4.79 Å². The molecule has 1 aromatic rings. The van der Waals surface area contributed by atoms with Gasteiger partial charge in [0.25, 0.3) is 5.91 Å². The van der Waals surface area contributed by atoms with E-state index in [1.54, 1.807) is 12.3 Å². The van der Waals surface area contributed by atoms with Crippen LogP contribution in [0.2, 0.25) is 0 Å². The average Bonchev–Trinajstić information content (AvgIpc) is 2.70. The molecule has 4 heteroatoms. The van der Waals surface area contributed by atoms with Crippen molar-refractivity contribution in [3.05, 3.63) is 18.0 Å². The van der Waals surface area contributed by atoms with Gasteiger partial charge in [-0.25, -0.2) is 0 Å². The van der Waals surface area contributed by atoms with Crippen LogP contribution >= 0.6 is 0 Å². The topological polar surface area (TPSA) is 51.3 Å². The number of carbonyl (C=O) groups is 1. The fourth-order valence-electron chi connectivity index (χ4n) is 2.91. The Morgan fingerprint density at radius 1 is 1.44 bits per heavy atom. The molecule has 0 spiro atoms. The maximum atomic E-state index is 12.6. The molecule has 100 valence electrons. The van der Waals surface area contributed by atoms with E-state index in [0.717, 1.165) is 19.4 Å². The number of carbonyl (C=O) groups excluding carboxylic acids is 1. The van der Waals surface area contributed by atoms with Gasteiger partial charge in [0.1, 0.15) is 5.69 Å². The quantitative estimate of drug-likeness (QED) is 0.894. The molecule has 1 aliphatic carbocycles. The van der Waals surface area contributed by atoms with Crippen LogP contribution in [0.3, 0.4) is 0 Å². The van der Waals surface area contributed by atoms with Crippen LogP contribution in [-0.2, 0) is 7.05 Å². The number of hydrogen-bond donors (Lipinski definition) is 1. The minimum atomic E-state index is 0.114. The smallest absolute Gasteiger partial charge is 0.270 e. The zero-order chi connectivity index (χ0) is 13.1. The third-order valence-corrected chi connectivity index (χ3v) is 3.86. The molecule has 1 heterocycles. The Hall–Kier alpha value is -1.45. The Bertz CT molecular complexity index is 419.